The molecule has 0 aliphatic rings. The zero-order valence-corrected chi connectivity index (χ0v) is 22.8. The number of ether oxygens (including phenoxy) is 1. The number of nitrogens with one attached hydrogen (secondary N) is 2. The molecule has 0 fully saturated rings. The third-order valence-electron chi connectivity index (χ3n) is 5.99. The molecular formula is C30H37N3O6. The Hall–Kier alpha value is -4.11. The Labute approximate surface area is 228 Å². The summed E-state index contributed by atoms with van der Waals surface area (Å²) in [6.07, 6.45) is 0.461. The van der Waals surface area contributed by atoms with Gasteiger partial charge in [-0.3, -0.25) is 9.59 Å². The molecule has 3 aromatic rings. The van der Waals surface area contributed by atoms with Crippen molar-refractivity contribution in [3.05, 3.63) is 72.3 Å². The second kappa shape index (κ2) is 13.1. The van der Waals surface area contributed by atoms with Crippen molar-refractivity contribution in [3.63, 3.8) is 0 Å². The van der Waals surface area contributed by atoms with Crippen molar-refractivity contribution in [1.82, 2.24) is 10.2 Å². The van der Waals surface area contributed by atoms with E-state index in [9.17, 15) is 24.6 Å². The molecule has 2 atom stereocenters. The Morgan fingerprint density at radius 3 is 2.26 bits per heavy atom. The Morgan fingerprint density at radius 1 is 0.974 bits per heavy atom. The van der Waals surface area contributed by atoms with E-state index in [0.717, 1.165) is 17.2 Å². The molecule has 0 aliphatic heterocycles. The van der Waals surface area contributed by atoms with Gasteiger partial charge in [-0.05, 0) is 67.8 Å². The summed E-state index contributed by atoms with van der Waals surface area (Å²) in [4.78, 5) is 41.3. The Bertz CT molecular complexity index is 1290. The molecule has 2 unspecified atom stereocenters. The number of hydrogen-bond donors (Lipinski definition) is 4. The second-order valence-corrected chi connectivity index (χ2v) is 10.3. The lowest BCUT2D eigenvalue weighted by atomic mass is 10.0. The van der Waals surface area contributed by atoms with E-state index in [4.69, 9.17) is 4.74 Å². The van der Waals surface area contributed by atoms with Crippen LogP contribution in [0.25, 0.3) is 10.8 Å². The predicted octanol–water partition coefficient (Wildman–Crippen LogP) is 4.74. The summed E-state index contributed by atoms with van der Waals surface area (Å²) in [5, 5.41) is 27.2. The van der Waals surface area contributed by atoms with Crippen LogP contribution in [0.15, 0.2) is 66.7 Å². The molecule has 0 saturated heterocycles. The molecule has 0 aromatic heterocycles. The van der Waals surface area contributed by atoms with E-state index in [1.54, 1.807) is 39.0 Å². The number of alkyl carbamates (subject to hydrolysis) is 1. The van der Waals surface area contributed by atoms with Crippen LogP contribution in [0.2, 0.25) is 0 Å². The molecule has 3 aromatic carbocycles. The van der Waals surface area contributed by atoms with Gasteiger partial charge in [0.1, 0.15) is 23.4 Å². The van der Waals surface area contributed by atoms with E-state index in [1.807, 2.05) is 43.3 Å². The van der Waals surface area contributed by atoms with Crippen molar-refractivity contribution >= 4 is 34.4 Å². The molecule has 0 bridgehead atoms. The summed E-state index contributed by atoms with van der Waals surface area (Å²) in [6.45, 7) is 6.53. The van der Waals surface area contributed by atoms with Gasteiger partial charge in [-0.25, -0.2) is 4.79 Å². The summed E-state index contributed by atoms with van der Waals surface area (Å²) in [5.41, 5.74) is 0.212. The average Bonchev–Trinajstić information content (AvgIpc) is 2.89. The number of phenols is 1. The van der Waals surface area contributed by atoms with Crippen LogP contribution in [0.4, 0.5) is 10.5 Å². The zero-order valence-electron chi connectivity index (χ0n) is 22.8. The van der Waals surface area contributed by atoms with Gasteiger partial charge in [0.15, 0.2) is 0 Å². The highest BCUT2D eigenvalue weighted by atomic mass is 16.6. The lowest BCUT2D eigenvalue weighted by Gasteiger charge is -2.34. The largest absolute Gasteiger partial charge is 0.508 e. The minimum Gasteiger partial charge on any atom is -0.508 e. The molecular weight excluding hydrogens is 498 g/mol. The van der Waals surface area contributed by atoms with Gasteiger partial charge in [0.05, 0.1) is 6.61 Å². The number of benzene rings is 3. The van der Waals surface area contributed by atoms with Crippen molar-refractivity contribution in [2.75, 3.05) is 18.5 Å². The van der Waals surface area contributed by atoms with Crippen LogP contribution in [-0.4, -0.2) is 57.8 Å². The number of nitrogens with zero attached hydrogens (tertiary/aromatic N) is 1. The molecule has 9 nitrogen and oxygen atoms in total. The summed E-state index contributed by atoms with van der Waals surface area (Å²) in [7, 11) is 0. The van der Waals surface area contributed by atoms with Gasteiger partial charge in [-0.1, -0.05) is 55.8 Å². The topological polar surface area (TPSA) is 128 Å². The summed E-state index contributed by atoms with van der Waals surface area (Å²) >= 11 is 0. The maximum absolute atomic E-state index is 13.8. The first-order valence-corrected chi connectivity index (χ1v) is 13.0. The normalized spacial score (nSPS) is 12.8. The molecule has 0 aliphatic carbocycles. The van der Waals surface area contributed by atoms with E-state index in [2.05, 4.69) is 10.6 Å². The fourth-order valence-corrected chi connectivity index (χ4v) is 4.14. The van der Waals surface area contributed by atoms with Crippen LogP contribution in [0.1, 0.15) is 52.1 Å². The fourth-order valence-electron chi connectivity index (χ4n) is 4.14. The van der Waals surface area contributed by atoms with E-state index in [0.29, 0.717) is 17.7 Å². The third-order valence-corrected chi connectivity index (χ3v) is 5.99. The Morgan fingerprint density at radius 2 is 1.64 bits per heavy atom. The number of aromatic hydroxyl groups is 1. The standard InChI is InChI=1S/C30H37N3O6/c1-5-6-17-33(28(37)25(19-34)32-29(38)39-30(2,3)4)26(21-12-15-24(35)16-13-21)27(36)31-23-14-11-20-9-7-8-10-22(20)18-23/h7-16,18,25-26,34-35H,5-6,17,19H2,1-4H3,(H,31,36)(H,32,38). The van der Waals surface area contributed by atoms with Gasteiger partial charge in [-0.2, -0.15) is 0 Å². The van der Waals surface area contributed by atoms with Crippen LogP contribution in [0.3, 0.4) is 0 Å². The van der Waals surface area contributed by atoms with Gasteiger partial charge in [-0.15, -0.1) is 0 Å². The predicted molar refractivity (Wildman–Crippen MR) is 150 cm³/mol. The maximum Gasteiger partial charge on any atom is 0.408 e. The van der Waals surface area contributed by atoms with Crippen molar-refractivity contribution in [1.29, 1.82) is 0 Å². The number of rotatable bonds is 10. The van der Waals surface area contributed by atoms with Crippen molar-refractivity contribution in [3.8, 4) is 5.75 Å². The average molecular weight is 536 g/mol. The van der Waals surface area contributed by atoms with Gasteiger partial charge in [0, 0.05) is 12.2 Å². The third kappa shape index (κ3) is 8.19. The van der Waals surface area contributed by atoms with Crippen molar-refractivity contribution < 1.29 is 29.3 Å². The van der Waals surface area contributed by atoms with E-state index in [-0.39, 0.29) is 12.3 Å². The number of aliphatic hydroxyl groups excluding tert-OH is 1. The number of fused-ring (bicyclic) bond motifs is 1. The molecule has 208 valence electrons. The lowest BCUT2D eigenvalue weighted by Crippen LogP contribution is -2.54. The smallest absolute Gasteiger partial charge is 0.408 e. The van der Waals surface area contributed by atoms with E-state index >= 15 is 0 Å². The molecule has 3 amide bonds. The Balaban J connectivity index is 1.97. The first-order chi connectivity index (χ1) is 18.5. The monoisotopic (exact) mass is 535 g/mol. The van der Waals surface area contributed by atoms with E-state index in [1.165, 1.54) is 17.0 Å². The molecule has 0 saturated carbocycles. The van der Waals surface area contributed by atoms with Crippen LogP contribution in [0.5, 0.6) is 5.75 Å². The summed E-state index contributed by atoms with van der Waals surface area (Å²) < 4.78 is 5.26. The van der Waals surface area contributed by atoms with Gasteiger partial charge in [0.2, 0.25) is 5.91 Å². The summed E-state index contributed by atoms with van der Waals surface area (Å²) in [5.74, 6) is -1.10. The van der Waals surface area contributed by atoms with Crippen LogP contribution < -0.4 is 10.6 Å². The van der Waals surface area contributed by atoms with Crippen LogP contribution in [-0.2, 0) is 14.3 Å². The highest BCUT2D eigenvalue weighted by molar-refractivity contribution is 6.00. The SMILES string of the molecule is CCCCN(C(=O)C(CO)NC(=O)OC(C)(C)C)C(C(=O)Nc1ccc2ccccc2c1)c1ccc(O)cc1. The van der Waals surface area contributed by atoms with Crippen molar-refractivity contribution in [2.45, 2.75) is 58.2 Å². The summed E-state index contributed by atoms with van der Waals surface area (Å²) in [6, 6.07) is 16.9. The highest BCUT2D eigenvalue weighted by Crippen LogP contribution is 2.27. The molecule has 4 N–H and O–H groups in total. The zero-order chi connectivity index (χ0) is 28.6. The number of amides is 3. The number of unbranched alkanes of at least 4 members (excludes halogenated alkanes) is 1. The highest BCUT2D eigenvalue weighted by Gasteiger charge is 2.36. The molecule has 0 heterocycles. The number of hydrogen-bond acceptors (Lipinski definition) is 6. The number of anilines is 1. The molecule has 3 rings (SSSR count). The second-order valence-electron chi connectivity index (χ2n) is 10.3. The van der Waals surface area contributed by atoms with E-state index < -0.39 is 42.2 Å². The van der Waals surface area contributed by atoms with Crippen LogP contribution >= 0.6 is 0 Å². The minimum atomic E-state index is -1.33. The van der Waals surface area contributed by atoms with Gasteiger partial charge < -0.3 is 30.5 Å². The molecule has 0 radical (unpaired) electrons. The number of carbonyl (C=O) groups excluding carboxylic acids is 3. The fraction of sp³-hybridized carbons (Fsp3) is 0.367. The minimum absolute atomic E-state index is 0.0127. The van der Waals surface area contributed by atoms with Crippen LogP contribution in [0, 0.1) is 0 Å². The quantitative estimate of drug-likeness (QED) is 0.297. The first kappa shape index (κ1) is 29.4. The first-order valence-electron chi connectivity index (χ1n) is 13.0. The van der Waals surface area contributed by atoms with Gasteiger partial charge in [0.25, 0.3) is 5.91 Å². The number of carbonyl (C=O) groups is 3. The number of phenolic OH excluding ortho intramolecular Hbond substituents is 1. The Kier molecular flexibility index (Phi) is 9.89. The number of aliphatic hydroxyl groups is 1. The molecule has 0 spiro atoms. The van der Waals surface area contributed by atoms with Crippen molar-refractivity contribution in [2.24, 2.45) is 0 Å². The van der Waals surface area contributed by atoms with Gasteiger partial charge >= 0.3 is 6.09 Å². The molecule has 39 heavy (non-hydrogen) atoms. The maximum atomic E-state index is 13.8. The molecule has 9 heteroatoms. The lowest BCUT2D eigenvalue weighted by molar-refractivity contribution is -0.141.